The largest absolute Gasteiger partial charge is 0.0625 e. The first kappa shape index (κ1) is 15.9. The molecule has 0 heteroatoms. The van der Waals surface area contributed by atoms with E-state index in [1.54, 1.807) is 51.4 Å². The maximum absolute atomic E-state index is 2.55. The third-order valence-electron chi connectivity index (χ3n) is 7.57. The van der Waals surface area contributed by atoms with E-state index in [1.807, 2.05) is 0 Å². The fourth-order valence-electron chi connectivity index (χ4n) is 6.06. The molecule has 4 unspecified atom stereocenters. The fourth-order valence-corrected chi connectivity index (χ4v) is 6.06. The minimum Gasteiger partial charge on any atom is -0.0625 e. The first-order chi connectivity index (χ1) is 10.2. The first-order valence-corrected chi connectivity index (χ1v) is 10.2. The third kappa shape index (κ3) is 4.05. The minimum atomic E-state index is 1.02. The summed E-state index contributed by atoms with van der Waals surface area (Å²) in [5, 5.41) is 0. The lowest BCUT2D eigenvalue weighted by Gasteiger charge is -2.35. The van der Waals surface area contributed by atoms with Crippen LogP contribution >= 0.6 is 0 Å². The Kier molecular flexibility index (Phi) is 5.68. The van der Waals surface area contributed by atoms with Crippen LogP contribution in [0.1, 0.15) is 97.3 Å². The van der Waals surface area contributed by atoms with Crippen molar-refractivity contribution in [2.75, 3.05) is 0 Å². The quantitative estimate of drug-likeness (QED) is 0.489. The molecule has 3 aliphatic rings. The van der Waals surface area contributed by atoms with Crippen molar-refractivity contribution in [2.45, 2.75) is 97.3 Å². The molecule has 3 aliphatic carbocycles. The molecule has 3 saturated carbocycles. The van der Waals surface area contributed by atoms with Crippen LogP contribution in [0.2, 0.25) is 0 Å². The Morgan fingerprint density at radius 3 is 1.81 bits per heavy atom. The van der Waals surface area contributed by atoms with Crippen LogP contribution in [-0.4, -0.2) is 0 Å². The van der Waals surface area contributed by atoms with Crippen molar-refractivity contribution in [1.29, 1.82) is 0 Å². The van der Waals surface area contributed by atoms with Gasteiger partial charge in [0.15, 0.2) is 0 Å². The normalized spacial score (nSPS) is 46.0. The average Bonchev–Trinajstić information content (AvgIpc) is 2.74. The van der Waals surface area contributed by atoms with Crippen molar-refractivity contribution in [3.05, 3.63) is 0 Å². The average molecular weight is 291 g/mol. The zero-order chi connectivity index (χ0) is 14.7. The maximum Gasteiger partial charge on any atom is -0.0360 e. The highest BCUT2D eigenvalue weighted by Crippen LogP contribution is 2.45. The van der Waals surface area contributed by atoms with Gasteiger partial charge < -0.3 is 0 Å². The van der Waals surface area contributed by atoms with Gasteiger partial charge in [0.05, 0.1) is 0 Å². The fraction of sp³-hybridized carbons (Fsp3) is 1.00. The van der Waals surface area contributed by atoms with Crippen LogP contribution < -0.4 is 0 Å². The Morgan fingerprint density at radius 1 is 0.476 bits per heavy atom. The van der Waals surface area contributed by atoms with E-state index in [0.717, 1.165) is 35.5 Å². The van der Waals surface area contributed by atoms with E-state index in [4.69, 9.17) is 0 Å². The molecule has 21 heavy (non-hydrogen) atoms. The molecule has 0 bridgehead atoms. The van der Waals surface area contributed by atoms with Gasteiger partial charge >= 0.3 is 0 Å². The molecule has 0 N–H and O–H groups in total. The molecule has 3 fully saturated rings. The molecule has 0 spiro atoms. The Bertz CT molecular complexity index is 299. The molecular formula is C21H38. The van der Waals surface area contributed by atoms with Crippen LogP contribution in [-0.2, 0) is 0 Å². The van der Waals surface area contributed by atoms with Crippen molar-refractivity contribution in [2.24, 2.45) is 35.5 Å². The lowest BCUT2D eigenvalue weighted by molar-refractivity contribution is 0.153. The van der Waals surface area contributed by atoms with Gasteiger partial charge in [-0.15, -0.1) is 0 Å². The zero-order valence-corrected chi connectivity index (χ0v) is 14.7. The summed E-state index contributed by atoms with van der Waals surface area (Å²) in [7, 11) is 0. The van der Waals surface area contributed by atoms with E-state index in [9.17, 15) is 0 Å². The monoisotopic (exact) mass is 290 g/mol. The Labute approximate surface area is 133 Å². The predicted molar refractivity (Wildman–Crippen MR) is 92.3 cm³/mol. The SMILES string of the molecule is CC1CCC(C2CCCC(C3CCCCC3C)CC2)CC1. The molecule has 4 atom stereocenters. The first-order valence-electron chi connectivity index (χ1n) is 10.2. The summed E-state index contributed by atoms with van der Waals surface area (Å²) >= 11 is 0. The van der Waals surface area contributed by atoms with Gasteiger partial charge in [-0.2, -0.15) is 0 Å². The molecule has 0 radical (unpaired) electrons. The van der Waals surface area contributed by atoms with E-state index >= 15 is 0 Å². The van der Waals surface area contributed by atoms with E-state index in [-0.39, 0.29) is 0 Å². The number of hydrogen-bond acceptors (Lipinski definition) is 0. The van der Waals surface area contributed by atoms with Gasteiger partial charge in [0.2, 0.25) is 0 Å². The summed E-state index contributed by atoms with van der Waals surface area (Å²) < 4.78 is 0. The third-order valence-corrected chi connectivity index (χ3v) is 7.57. The summed E-state index contributed by atoms with van der Waals surface area (Å²) in [6.07, 6.45) is 20.1. The van der Waals surface area contributed by atoms with Crippen LogP contribution in [0.5, 0.6) is 0 Å². The predicted octanol–water partition coefficient (Wildman–Crippen LogP) is 6.84. The van der Waals surface area contributed by atoms with Crippen LogP contribution in [0.4, 0.5) is 0 Å². The van der Waals surface area contributed by atoms with E-state index < -0.39 is 0 Å². The molecule has 0 aromatic rings. The molecule has 0 saturated heterocycles. The van der Waals surface area contributed by atoms with Crippen LogP contribution in [0, 0.1) is 35.5 Å². The van der Waals surface area contributed by atoms with E-state index in [2.05, 4.69) is 13.8 Å². The Hall–Kier alpha value is 0. The van der Waals surface area contributed by atoms with Crippen LogP contribution in [0.15, 0.2) is 0 Å². The van der Waals surface area contributed by atoms with Gasteiger partial charge in [-0.25, -0.2) is 0 Å². The van der Waals surface area contributed by atoms with Gasteiger partial charge in [0, 0.05) is 0 Å². The second-order valence-electron chi connectivity index (χ2n) is 8.97. The zero-order valence-electron chi connectivity index (χ0n) is 14.7. The molecule has 0 aliphatic heterocycles. The number of rotatable bonds is 2. The van der Waals surface area contributed by atoms with Gasteiger partial charge in [-0.3, -0.25) is 0 Å². The molecule has 0 nitrogen and oxygen atoms in total. The summed E-state index contributed by atoms with van der Waals surface area (Å²) in [5.74, 6) is 6.42. The van der Waals surface area contributed by atoms with Gasteiger partial charge in [-0.05, 0) is 67.6 Å². The van der Waals surface area contributed by atoms with Crippen molar-refractivity contribution >= 4 is 0 Å². The summed E-state index contributed by atoms with van der Waals surface area (Å²) in [4.78, 5) is 0. The summed E-state index contributed by atoms with van der Waals surface area (Å²) in [6, 6.07) is 0. The highest BCUT2D eigenvalue weighted by atomic mass is 14.4. The van der Waals surface area contributed by atoms with Crippen molar-refractivity contribution in [1.82, 2.24) is 0 Å². The Morgan fingerprint density at radius 2 is 1.05 bits per heavy atom. The van der Waals surface area contributed by atoms with Crippen molar-refractivity contribution < 1.29 is 0 Å². The molecular weight excluding hydrogens is 252 g/mol. The Balaban J connectivity index is 1.51. The smallest absolute Gasteiger partial charge is 0.0360 e. The second-order valence-corrected chi connectivity index (χ2v) is 8.97. The molecule has 3 rings (SSSR count). The standard InChI is InChI=1S/C21H38/c1-16-10-12-19(13-11-16)18-7-5-8-20(15-14-18)21-9-4-3-6-17(21)2/h16-21H,3-15H2,1-2H3. The van der Waals surface area contributed by atoms with Crippen molar-refractivity contribution in [3.63, 3.8) is 0 Å². The van der Waals surface area contributed by atoms with Crippen LogP contribution in [0.25, 0.3) is 0 Å². The molecule has 0 amide bonds. The van der Waals surface area contributed by atoms with Gasteiger partial charge in [0.25, 0.3) is 0 Å². The maximum atomic E-state index is 2.55. The summed E-state index contributed by atoms with van der Waals surface area (Å²) in [6.45, 7) is 5.01. The second kappa shape index (κ2) is 7.51. The lowest BCUT2D eigenvalue weighted by Crippen LogP contribution is -2.25. The highest BCUT2D eigenvalue weighted by molar-refractivity contribution is 4.84. The van der Waals surface area contributed by atoms with Crippen LogP contribution in [0.3, 0.4) is 0 Å². The summed E-state index contributed by atoms with van der Waals surface area (Å²) in [5.41, 5.74) is 0. The highest BCUT2D eigenvalue weighted by Gasteiger charge is 2.33. The molecule has 0 aromatic heterocycles. The molecule has 122 valence electrons. The lowest BCUT2D eigenvalue weighted by atomic mass is 9.70. The molecule has 0 heterocycles. The van der Waals surface area contributed by atoms with Crippen molar-refractivity contribution in [3.8, 4) is 0 Å². The van der Waals surface area contributed by atoms with Gasteiger partial charge in [-0.1, -0.05) is 65.2 Å². The van der Waals surface area contributed by atoms with E-state index in [1.165, 1.54) is 32.1 Å². The topological polar surface area (TPSA) is 0 Å². The molecule has 0 aromatic carbocycles. The van der Waals surface area contributed by atoms with E-state index in [0.29, 0.717) is 0 Å². The minimum absolute atomic E-state index is 1.02. The van der Waals surface area contributed by atoms with Gasteiger partial charge in [0.1, 0.15) is 0 Å². The number of hydrogen-bond donors (Lipinski definition) is 0.